The van der Waals surface area contributed by atoms with E-state index < -0.39 is 5.60 Å². The average molecular weight is 555 g/mol. The van der Waals surface area contributed by atoms with Gasteiger partial charge in [0, 0.05) is 18.0 Å². The van der Waals surface area contributed by atoms with Crippen molar-refractivity contribution in [1.82, 2.24) is 4.90 Å². The maximum absolute atomic E-state index is 13.2. The lowest BCUT2D eigenvalue weighted by Gasteiger charge is -2.40. The molecule has 1 N–H and O–H groups in total. The predicted molar refractivity (Wildman–Crippen MR) is 158 cm³/mol. The highest BCUT2D eigenvalue weighted by Gasteiger charge is 2.43. The molecule has 0 aromatic heterocycles. The van der Waals surface area contributed by atoms with Gasteiger partial charge in [0.2, 0.25) is 0 Å². The van der Waals surface area contributed by atoms with Gasteiger partial charge in [0.05, 0.1) is 0 Å². The fraction of sp³-hybridized carbons (Fsp3) is 0.212. The summed E-state index contributed by atoms with van der Waals surface area (Å²) in [5, 5.41) is 17.5. The zero-order valence-corrected chi connectivity index (χ0v) is 22.9. The molecule has 37 heavy (non-hydrogen) atoms. The Balaban J connectivity index is 1.88. The van der Waals surface area contributed by atoms with E-state index in [1.165, 1.54) is 0 Å². The highest BCUT2D eigenvalue weighted by atomic mass is 79.9. The zero-order valence-electron chi connectivity index (χ0n) is 21.3. The van der Waals surface area contributed by atoms with Crippen LogP contribution in [0, 0.1) is 0 Å². The summed E-state index contributed by atoms with van der Waals surface area (Å²) in [6.07, 6.45) is 0.546. The van der Waals surface area contributed by atoms with Crippen LogP contribution >= 0.6 is 15.9 Å². The van der Waals surface area contributed by atoms with Gasteiger partial charge in [-0.25, -0.2) is 0 Å². The van der Waals surface area contributed by atoms with Gasteiger partial charge >= 0.3 is 0 Å². The first-order chi connectivity index (χ1) is 18.0. The van der Waals surface area contributed by atoms with Crippen molar-refractivity contribution >= 4 is 37.5 Å². The Bertz CT molecular complexity index is 1500. The van der Waals surface area contributed by atoms with Crippen LogP contribution in [-0.4, -0.2) is 36.2 Å². The first-order valence-electron chi connectivity index (χ1n) is 12.6. The van der Waals surface area contributed by atoms with Crippen molar-refractivity contribution in [2.75, 3.05) is 26.2 Å². The summed E-state index contributed by atoms with van der Waals surface area (Å²) < 4.78 is 6.19. The molecule has 0 spiro atoms. The molecule has 3 nitrogen and oxygen atoms in total. The van der Waals surface area contributed by atoms with Crippen LogP contribution in [0.15, 0.2) is 109 Å². The second kappa shape index (κ2) is 11.1. The molecule has 4 heteroatoms. The molecule has 0 bridgehead atoms. The summed E-state index contributed by atoms with van der Waals surface area (Å²) >= 11 is 3.48. The number of benzene rings is 5. The topological polar surface area (TPSA) is 32.7 Å². The van der Waals surface area contributed by atoms with Crippen molar-refractivity contribution in [3.8, 4) is 5.75 Å². The minimum Gasteiger partial charge on any atom is -0.482 e. The van der Waals surface area contributed by atoms with E-state index in [0.29, 0.717) is 11.9 Å². The smallest absolute Gasteiger partial charge is 0.143 e. The van der Waals surface area contributed by atoms with Crippen molar-refractivity contribution in [1.29, 1.82) is 0 Å². The van der Waals surface area contributed by atoms with Gasteiger partial charge < -0.3 is 14.7 Å². The Hall–Kier alpha value is -3.18. The minimum atomic E-state index is -1.22. The van der Waals surface area contributed by atoms with E-state index in [9.17, 15) is 5.11 Å². The second-order valence-electron chi connectivity index (χ2n) is 9.80. The number of rotatable bonds is 9. The van der Waals surface area contributed by atoms with E-state index in [1.807, 2.05) is 36.4 Å². The fourth-order valence-electron chi connectivity index (χ4n) is 5.52. The van der Waals surface area contributed by atoms with Gasteiger partial charge in [-0.2, -0.15) is 0 Å². The number of hydrogen-bond donors (Lipinski definition) is 1. The average Bonchev–Trinajstić information content (AvgIpc) is 2.93. The molecule has 0 saturated heterocycles. The maximum atomic E-state index is 13.2. The fourth-order valence-corrected chi connectivity index (χ4v) is 5.76. The first kappa shape index (κ1) is 25.5. The molecule has 0 unspecified atom stereocenters. The third-order valence-electron chi connectivity index (χ3n) is 7.24. The number of halogens is 1. The number of aliphatic hydroxyl groups is 1. The summed E-state index contributed by atoms with van der Waals surface area (Å²) in [6.45, 7) is 0.725. The van der Waals surface area contributed by atoms with Gasteiger partial charge in [-0.15, -0.1) is 0 Å². The molecule has 188 valence electrons. The molecule has 0 aliphatic rings. The third kappa shape index (κ3) is 5.02. The minimum absolute atomic E-state index is 0.365. The summed E-state index contributed by atoms with van der Waals surface area (Å²) in [6, 6.07) is 37.4. The van der Waals surface area contributed by atoms with Gasteiger partial charge in [0.15, 0.2) is 0 Å². The Kier molecular flexibility index (Phi) is 7.61. The van der Waals surface area contributed by atoms with Crippen LogP contribution in [0.3, 0.4) is 0 Å². The molecule has 5 rings (SSSR count). The van der Waals surface area contributed by atoms with Crippen LogP contribution in [-0.2, 0) is 5.60 Å². The Morgan fingerprint density at radius 3 is 2.08 bits per heavy atom. The molecule has 0 radical (unpaired) electrons. The van der Waals surface area contributed by atoms with Crippen LogP contribution in [0.5, 0.6) is 5.75 Å². The molecule has 0 saturated carbocycles. The van der Waals surface area contributed by atoms with Crippen molar-refractivity contribution in [3.05, 3.63) is 126 Å². The Morgan fingerprint density at radius 1 is 0.757 bits per heavy atom. The molecule has 0 fully saturated rings. The van der Waals surface area contributed by atoms with Crippen LogP contribution in [0.1, 0.15) is 29.0 Å². The van der Waals surface area contributed by atoms with E-state index in [2.05, 4.69) is 108 Å². The van der Waals surface area contributed by atoms with Crippen molar-refractivity contribution in [2.45, 2.75) is 17.9 Å². The van der Waals surface area contributed by atoms with Crippen LogP contribution in [0.4, 0.5) is 0 Å². The summed E-state index contributed by atoms with van der Waals surface area (Å²) in [4.78, 5) is 2.14. The molecule has 0 aliphatic heterocycles. The maximum Gasteiger partial charge on any atom is 0.143 e. The van der Waals surface area contributed by atoms with Crippen LogP contribution in [0.2, 0.25) is 0 Å². The third-order valence-corrected chi connectivity index (χ3v) is 7.47. The largest absolute Gasteiger partial charge is 0.482 e. The number of alkyl halides is 1. The van der Waals surface area contributed by atoms with Gasteiger partial charge in [0.25, 0.3) is 0 Å². The standard InChI is InChI=1S/C33H32BrNO2/c1-35(2)22-21-33(36,29-18-10-15-24-11-6-8-16-27(24)29)32(26-13-4-3-5-14-26)31-28-17-9-7-12-25(28)19-20-30(31)37-23-34/h3-20,32,36H,21-23H2,1-2H3/t32-,33+/m1/s1. The SMILES string of the molecule is CN(C)CC[C@](O)(c1cccc2ccccc12)[C@H](c1ccccc1)c1c(OCBr)ccc2ccccc12. The zero-order chi connectivity index (χ0) is 25.8. The van der Waals surface area contributed by atoms with Crippen molar-refractivity contribution in [2.24, 2.45) is 0 Å². The lowest BCUT2D eigenvalue weighted by Crippen LogP contribution is -2.38. The van der Waals surface area contributed by atoms with E-state index >= 15 is 0 Å². The Morgan fingerprint density at radius 2 is 1.38 bits per heavy atom. The Labute approximate surface area is 227 Å². The van der Waals surface area contributed by atoms with E-state index in [0.717, 1.165) is 50.5 Å². The van der Waals surface area contributed by atoms with Gasteiger partial charge in [-0.1, -0.05) is 103 Å². The quantitative estimate of drug-likeness (QED) is 0.190. The second-order valence-corrected chi connectivity index (χ2v) is 10.3. The summed E-state index contributed by atoms with van der Waals surface area (Å²) in [5.74, 6) is 0.396. The van der Waals surface area contributed by atoms with Gasteiger partial charge in [-0.3, -0.25) is 0 Å². The van der Waals surface area contributed by atoms with Gasteiger partial charge in [-0.05, 0) is 75.2 Å². The van der Waals surface area contributed by atoms with E-state index in [-0.39, 0.29) is 5.92 Å². The summed E-state index contributed by atoms with van der Waals surface area (Å²) in [5.41, 5.74) is 2.12. The van der Waals surface area contributed by atoms with Gasteiger partial charge in [0.1, 0.15) is 16.9 Å². The molecule has 0 aliphatic carbocycles. The highest BCUT2D eigenvalue weighted by Crippen LogP contribution is 2.50. The molecule has 0 heterocycles. The molecule has 5 aromatic rings. The number of nitrogens with zero attached hydrogens (tertiary/aromatic N) is 1. The molecular weight excluding hydrogens is 522 g/mol. The molecule has 2 atom stereocenters. The predicted octanol–water partition coefficient (Wildman–Crippen LogP) is 7.70. The van der Waals surface area contributed by atoms with Crippen molar-refractivity contribution in [3.63, 3.8) is 0 Å². The van der Waals surface area contributed by atoms with Crippen LogP contribution in [0.25, 0.3) is 21.5 Å². The lowest BCUT2D eigenvalue weighted by atomic mass is 9.69. The number of ether oxygens (including phenoxy) is 1. The van der Waals surface area contributed by atoms with E-state index in [1.54, 1.807) is 0 Å². The first-order valence-corrected chi connectivity index (χ1v) is 13.8. The normalized spacial score (nSPS) is 14.1. The number of hydrogen-bond acceptors (Lipinski definition) is 3. The lowest BCUT2D eigenvalue weighted by molar-refractivity contribution is 0.00566. The summed E-state index contributed by atoms with van der Waals surface area (Å²) in [7, 11) is 4.11. The van der Waals surface area contributed by atoms with E-state index in [4.69, 9.17) is 4.74 Å². The monoisotopic (exact) mass is 553 g/mol. The highest BCUT2D eigenvalue weighted by molar-refractivity contribution is 9.09. The van der Waals surface area contributed by atoms with Crippen LogP contribution < -0.4 is 4.74 Å². The van der Waals surface area contributed by atoms with Crippen molar-refractivity contribution < 1.29 is 9.84 Å². The molecule has 5 aromatic carbocycles. The molecule has 0 amide bonds. The number of fused-ring (bicyclic) bond motifs is 2. The molecular formula is C33H32BrNO2.